The smallest absolute Gasteiger partial charge is 0.120 e. The van der Waals surface area contributed by atoms with Crippen molar-refractivity contribution in [1.29, 1.82) is 0 Å². The second-order valence-electron chi connectivity index (χ2n) is 6.49. The Balaban J connectivity index is 2.04. The van der Waals surface area contributed by atoms with Crippen molar-refractivity contribution in [2.45, 2.75) is 52.2 Å². The van der Waals surface area contributed by atoms with Crippen LogP contribution < -0.4 is 0 Å². The number of benzene rings is 1. The normalized spacial score (nSPS) is 24.3. The average Bonchev–Trinajstić information content (AvgIpc) is 2.39. The Morgan fingerprint density at radius 1 is 1.30 bits per heavy atom. The Hall–Kier alpha value is -1.06. The number of likely N-dealkylation sites (tertiary alicyclic amines) is 1. The van der Waals surface area contributed by atoms with Gasteiger partial charge in [0, 0.05) is 24.2 Å². The van der Waals surface area contributed by atoms with Gasteiger partial charge in [-0.15, -0.1) is 0 Å². The summed E-state index contributed by atoms with van der Waals surface area (Å²) in [5.74, 6) is 0.431. The van der Waals surface area contributed by atoms with E-state index < -0.39 is 0 Å². The highest BCUT2D eigenvalue weighted by Crippen LogP contribution is 2.26. The molecule has 1 heterocycles. The van der Waals surface area contributed by atoms with Crippen LogP contribution in [0.5, 0.6) is 5.75 Å². The molecule has 20 heavy (non-hydrogen) atoms. The van der Waals surface area contributed by atoms with E-state index in [1.807, 2.05) is 13.0 Å². The number of hydrogen-bond acceptors (Lipinski definition) is 3. The number of rotatable bonds is 3. The Kier molecular flexibility index (Phi) is 4.71. The zero-order valence-electron chi connectivity index (χ0n) is 13.5. The number of aromatic hydroxyl groups is 1. The Morgan fingerprint density at radius 3 is 2.60 bits per heavy atom. The monoisotopic (exact) mass is 276 g/mol. The van der Waals surface area contributed by atoms with Crippen LogP contribution in [0.15, 0.2) is 12.1 Å². The predicted molar refractivity (Wildman–Crippen MR) is 84.2 cm³/mol. The molecule has 0 saturated carbocycles. The van der Waals surface area contributed by atoms with Crippen LogP contribution in [0.3, 0.4) is 0 Å². The first-order valence-corrected chi connectivity index (χ1v) is 7.58. The summed E-state index contributed by atoms with van der Waals surface area (Å²) < 4.78 is 0. The van der Waals surface area contributed by atoms with E-state index in [1.165, 1.54) is 18.4 Å². The Labute approximate surface area is 123 Å². The summed E-state index contributed by atoms with van der Waals surface area (Å²) in [7, 11) is 4.38. The number of nitrogens with zero attached hydrogens (tertiary/aromatic N) is 2. The van der Waals surface area contributed by atoms with Crippen molar-refractivity contribution in [3.63, 3.8) is 0 Å². The van der Waals surface area contributed by atoms with Gasteiger partial charge in [-0.1, -0.05) is 6.07 Å². The minimum atomic E-state index is 0.431. The fourth-order valence-electron chi connectivity index (χ4n) is 3.05. The molecule has 2 unspecified atom stereocenters. The molecule has 1 aliphatic rings. The molecule has 3 nitrogen and oxygen atoms in total. The number of phenols is 1. The van der Waals surface area contributed by atoms with E-state index >= 15 is 0 Å². The second-order valence-corrected chi connectivity index (χ2v) is 6.49. The molecule has 1 aromatic rings. The topological polar surface area (TPSA) is 26.7 Å². The summed E-state index contributed by atoms with van der Waals surface area (Å²) in [4.78, 5) is 4.82. The number of hydrogen-bond donors (Lipinski definition) is 1. The lowest BCUT2D eigenvalue weighted by atomic mass is 9.97. The van der Waals surface area contributed by atoms with E-state index in [4.69, 9.17) is 0 Å². The van der Waals surface area contributed by atoms with E-state index in [1.54, 1.807) is 0 Å². The van der Waals surface area contributed by atoms with Crippen molar-refractivity contribution in [3.05, 3.63) is 28.8 Å². The summed E-state index contributed by atoms with van der Waals surface area (Å²) in [6.07, 6.45) is 2.42. The van der Waals surface area contributed by atoms with E-state index in [-0.39, 0.29) is 0 Å². The van der Waals surface area contributed by atoms with Crippen molar-refractivity contribution in [3.8, 4) is 5.75 Å². The van der Waals surface area contributed by atoms with Crippen LogP contribution in [0.1, 0.15) is 36.5 Å². The highest BCUT2D eigenvalue weighted by Gasteiger charge is 2.25. The van der Waals surface area contributed by atoms with E-state index in [9.17, 15) is 5.11 Å². The van der Waals surface area contributed by atoms with E-state index in [0.29, 0.717) is 17.8 Å². The van der Waals surface area contributed by atoms with Crippen molar-refractivity contribution in [1.82, 2.24) is 9.80 Å². The quantitative estimate of drug-likeness (QED) is 0.919. The SMILES string of the molecule is Cc1cc(O)c(CN(C)C2CCN(C)C(C)C2)cc1C. The first kappa shape index (κ1) is 15.3. The van der Waals surface area contributed by atoms with E-state index in [2.05, 4.69) is 43.8 Å². The van der Waals surface area contributed by atoms with Crippen molar-refractivity contribution in [2.75, 3.05) is 20.6 Å². The maximum atomic E-state index is 10.1. The summed E-state index contributed by atoms with van der Waals surface area (Å²) in [5.41, 5.74) is 3.45. The molecule has 0 radical (unpaired) electrons. The molecule has 0 spiro atoms. The van der Waals surface area contributed by atoms with Crippen LogP contribution in [-0.4, -0.2) is 47.6 Å². The third kappa shape index (κ3) is 3.33. The summed E-state index contributed by atoms with van der Waals surface area (Å²) in [5, 5.41) is 10.1. The fraction of sp³-hybridized carbons (Fsp3) is 0.647. The summed E-state index contributed by atoms with van der Waals surface area (Å²) >= 11 is 0. The molecule has 112 valence electrons. The van der Waals surface area contributed by atoms with Gasteiger partial charge in [0.05, 0.1) is 0 Å². The molecule has 1 aliphatic heterocycles. The maximum absolute atomic E-state index is 10.1. The average molecular weight is 276 g/mol. The van der Waals surface area contributed by atoms with Gasteiger partial charge in [-0.25, -0.2) is 0 Å². The number of piperidine rings is 1. The third-order valence-electron chi connectivity index (χ3n) is 4.92. The molecular weight excluding hydrogens is 248 g/mol. The lowest BCUT2D eigenvalue weighted by molar-refractivity contribution is 0.100. The van der Waals surface area contributed by atoms with Crippen LogP contribution in [0.2, 0.25) is 0 Å². The minimum Gasteiger partial charge on any atom is -0.508 e. The van der Waals surface area contributed by atoms with Crippen LogP contribution >= 0.6 is 0 Å². The van der Waals surface area contributed by atoms with Gasteiger partial charge in [0.2, 0.25) is 0 Å². The third-order valence-corrected chi connectivity index (χ3v) is 4.92. The number of phenolic OH excluding ortho intramolecular Hbond substituents is 1. The van der Waals surface area contributed by atoms with Gasteiger partial charge < -0.3 is 10.0 Å². The molecule has 0 aliphatic carbocycles. The fourth-order valence-corrected chi connectivity index (χ4v) is 3.05. The molecule has 3 heteroatoms. The zero-order valence-corrected chi connectivity index (χ0v) is 13.5. The van der Waals surface area contributed by atoms with Gasteiger partial charge in [-0.2, -0.15) is 0 Å². The second kappa shape index (κ2) is 6.15. The molecule has 0 aromatic heterocycles. The molecule has 1 N–H and O–H groups in total. The molecule has 2 atom stereocenters. The molecule has 1 fully saturated rings. The van der Waals surface area contributed by atoms with Crippen LogP contribution in [0.25, 0.3) is 0 Å². The van der Waals surface area contributed by atoms with Crippen LogP contribution in [-0.2, 0) is 6.54 Å². The first-order valence-electron chi connectivity index (χ1n) is 7.58. The Bertz CT molecular complexity index is 472. The molecule has 1 aromatic carbocycles. The lowest BCUT2D eigenvalue weighted by Gasteiger charge is -2.39. The van der Waals surface area contributed by atoms with Crippen LogP contribution in [0, 0.1) is 13.8 Å². The van der Waals surface area contributed by atoms with Crippen LogP contribution in [0.4, 0.5) is 0 Å². The van der Waals surface area contributed by atoms with Gasteiger partial charge in [0.1, 0.15) is 5.75 Å². The summed E-state index contributed by atoms with van der Waals surface area (Å²) in [6.45, 7) is 8.44. The minimum absolute atomic E-state index is 0.431. The van der Waals surface area contributed by atoms with E-state index in [0.717, 1.165) is 24.2 Å². The zero-order chi connectivity index (χ0) is 14.9. The van der Waals surface area contributed by atoms with Gasteiger partial charge in [-0.05, 0) is 71.4 Å². The molecule has 2 rings (SSSR count). The molecule has 0 bridgehead atoms. The highest BCUT2D eigenvalue weighted by molar-refractivity contribution is 5.40. The standard InChI is InChI=1S/C17H28N2O/c1-12-8-15(17(20)9-13(12)2)11-19(5)16-6-7-18(4)14(3)10-16/h8-9,14,16,20H,6-7,10-11H2,1-5H3. The van der Waals surface area contributed by atoms with Crippen molar-refractivity contribution >= 4 is 0 Å². The molecular formula is C17H28N2O. The highest BCUT2D eigenvalue weighted by atomic mass is 16.3. The maximum Gasteiger partial charge on any atom is 0.120 e. The molecule has 1 saturated heterocycles. The molecule has 0 amide bonds. The van der Waals surface area contributed by atoms with Gasteiger partial charge in [0.25, 0.3) is 0 Å². The largest absolute Gasteiger partial charge is 0.508 e. The number of aryl methyl sites for hydroxylation is 2. The van der Waals surface area contributed by atoms with Gasteiger partial charge in [-0.3, -0.25) is 4.90 Å². The van der Waals surface area contributed by atoms with Crippen molar-refractivity contribution < 1.29 is 5.11 Å². The van der Waals surface area contributed by atoms with Gasteiger partial charge in [0.15, 0.2) is 0 Å². The van der Waals surface area contributed by atoms with Gasteiger partial charge >= 0.3 is 0 Å². The van der Waals surface area contributed by atoms with Crippen molar-refractivity contribution in [2.24, 2.45) is 0 Å². The summed E-state index contributed by atoms with van der Waals surface area (Å²) in [6, 6.07) is 5.27. The lowest BCUT2D eigenvalue weighted by Crippen LogP contribution is -2.46. The predicted octanol–water partition coefficient (Wildman–Crippen LogP) is 2.92. The Morgan fingerprint density at radius 2 is 1.95 bits per heavy atom. The first-order chi connectivity index (χ1) is 9.38.